The first-order chi connectivity index (χ1) is 14.2. The Morgan fingerprint density at radius 1 is 1.10 bits per heavy atom. The third-order valence-corrected chi connectivity index (χ3v) is 4.49. The first kappa shape index (κ1) is 20.6. The molecule has 0 bridgehead atoms. The second-order valence-electron chi connectivity index (χ2n) is 6.66. The van der Waals surface area contributed by atoms with Crippen LogP contribution in [0.5, 0.6) is 5.75 Å². The minimum atomic E-state index is -0.275. The maximum absolute atomic E-state index is 11.1. The third kappa shape index (κ3) is 6.19. The van der Waals surface area contributed by atoms with E-state index >= 15 is 0 Å². The van der Waals surface area contributed by atoms with Crippen LogP contribution in [0.1, 0.15) is 23.4 Å². The minimum absolute atomic E-state index is 0.197. The number of hydrogen-bond acceptors (Lipinski definition) is 6. The molecule has 1 aromatic heterocycles. The van der Waals surface area contributed by atoms with Gasteiger partial charge in [-0.3, -0.25) is 4.79 Å². The molecule has 6 heteroatoms. The number of rotatable bonds is 10. The SMILES string of the molecule is COC(=O)CNCc1ccc(OCCCc2nc(-c3ccccc3)oc2C)cc1. The van der Waals surface area contributed by atoms with Crippen LogP contribution in [-0.4, -0.2) is 31.2 Å². The topological polar surface area (TPSA) is 73.6 Å². The molecule has 6 nitrogen and oxygen atoms in total. The normalized spacial score (nSPS) is 10.7. The maximum atomic E-state index is 11.1. The number of benzene rings is 2. The van der Waals surface area contributed by atoms with Crippen molar-refractivity contribution in [3.05, 3.63) is 71.6 Å². The molecule has 0 atom stereocenters. The summed E-state index contributed by atoms with van der Waals surface area (Å²) >= 11 is 0. The van der Waals surface area contributed by atoms with Crippen molar-refractivity contribution in [1.29, 1.82) is 0 Å². The zero-order valence-corrected chi connectivity index (χ0v) is 16.8. The van der Waals surface area contributed by atoms with Gasteiger partial charge < -0.3 is 19.2 Å². The third-order valence-electron chi connectivity index (χ3n) is 4.49. The summed E-state index contributed by atoms with van der Waals surface area (Å²) in [5.74, 6) is 2.06. The molecule has 0 saturated carbocycles. The standard InChI is InChI=1S/C23H26N2O4/c1-17-21(25-23(29-17)19-7-4-3-5-8-19)9-6-14-28-20-12-10-18(11-13-20)15-24-16-22(26)27-2/h3-5,7-8,10-13,24H,6,9,14-16H2,1-2H3. The zero-order chi connectivity index (χ0) is 20.5. The van der Waals surface area contributed by atoms with E-state index in [1.54, 1.807) is 0 Å². The Morgan fingerprint density at radius 2 is 1.86 bits per heavy atom. The fourth-order valence-corrected chi connectivity index (χ4v) is 2.88. The van der Waals surface area contributed by atoms with Crippen LogP contribution in [-0.2, 0) is 22.5 Å². The summed E-state index contributed by atoms with van der Waals surface area (Å²) in [6.45, 7) is 3.35. The van der Waals surface area contributed by atoms with Crippen LogP contribution >= 0.6 is 0 Å². The molecule has 152 valence electrons. The van der Waals surface area contributed by atoms with E-state index in [2.05, 4.69) is 15.0 Å². The molecule has 2 aromatic carbocycles. The van der Waals surface area contributed by atoms with Gasteiger partial charge in [-0.05, 0) is 49.6 Å². The highest BCUT2D eigenvalue weighted by Crippen LogP contribution is 2.22. The summed E-state index contributed by atoms with van der Waals surface area (Å²) in [5, 5.41) is 3.03. The van der Waals surface area contributed by atoms with E-state index in [9.17, 15) is 4.79 Å². The van der Waals surface area contributed by atoms with Crippen molar-refractivity contribution >= 4 is 5.97 Å². The van der Waals surface area contributed by atoms with E-state index < -0.39 is 0 Å². The number of esters is 1. The number of oxazole rings is 1. The first-order valence-electron chi connectivity index (χ1n) is 9.66. The number of carbonyl (C=O) groups excluding carboxylic acids is 1. The van der Waals surface area contributed by atoms with E-state index in [4.69, 9.17) is 9.15 Å². The fraction of sp³-hybridized carbons (Fsp3) is 0.304. The number of aryl methyl sites for hydroxylation is 2. The van der Waals surface area contributed by atoms with E-state index in [1.165, 1.54) is 7.11 Å². The molecule has 0 amide bonds. The lowest BCUT2D eigenvalue weighted by molar-refractivity contribution is -0.139. The van der Waals surface area contributed by atoms with Gasteiger partial charge in [0.1, 0.15) is 11.5 Å². The Morgan fingerprint density at radius 3 is 2.59 bits per heavy atom. The molecule has 0 aliphatic heterocycles. The summed E-state index contributed by atoms with van der Waals surface area (Å²) in [5.41, 5.74) is 3.03. The molecule has 0 unspecified atom stereocenters. The van der Waals surface area contributed by atoms with Crippen LogP contribution in [0.3, 0.4) is 0 Å². The van der Waals surface area contributed by atoms with Crippen molar-refractivity contribution in [3.63, 3.8) is 0 Å². The summed E-state index contributed by atoms with van der Waals surface area (Å²) < 4.78 is 16.2. The maximum Gasteiger partial charge on any atom is 0.319 e. The molecule has 3 aromatic rings. The number of nitrogens with zero attached hydrogens (tertiary/aromatic N) is 1. The largest absolute Gasteiger partial charge is 0.494 e. The molecule has 0 saturated heterocycles. The Labute approximate surface area is 170 Å². The van der Waals surface area contributed by atoms with Crippen LogP contribution < -0.4 is 10.1 Å². The highest BCUT2D eigenvalue weighted by molar-refractivity contribution is 5.71. The molecular formula is C23H26N2O4. The van der Waals surface area contributed by atoms with E-state index in [0.29, 0.717) is 19.0 Å². The second kappa shape index (κ2) is 10.4. The Hall–Kier alpha value is -3.12. The molecular weight excluding hydrogens is 368 g/mol. The minimum Gasteiger partial charge on any atom is -0.494 e. The highest BCUT2D eigenvalue weighted by atomic mass is 16.5. The second-order valence-corrected chi connectivity index (χ2v) is 6.66. The Kier molecular flexibility index (Phi) is 7.41. The summed E-state index contributed by atoms with van der Waals surface area (Å²) in [6.07, 6.45) is 1.65. The lowest BCUT2D eigenvalue weighted by atomic mass is 10.2. The van der Waals surface area contributed by atoms with Gasteiger partial charge in [0.05, 0.1) is 26.0 Å². The quantitative estimate of drug-likeness (QED) is 0.415. The molecule has 0 radical (unpaired) electrons. The van der Waals surface area contributed by atoms with Crippen LogP contribution in [0, 0.1) is 6.92 Å². The monoisotopic (exact) mass is 394 g/mol. The van der Waals surface area contributed by atoms with Crippen molar-refractivity contribution < 1.29 is 18.7 Å². The predicted molar refractivity (Wildman–Crippen MR) is 111 cm³/mol. The lowest BCUT2D eigenvalue weighted by Gasteiger charge is -2.07. The zero-order valence-electron chi connectivity index (χ0n) is 16.8. The number of hydrogen-bond donors (Lipinski definition) is 1. The number of methoxy groups -OCH3 is 1. The number of nitrogens with one attached hydrogen (secondary N) is 1. The van der Waals surface area contributed by atoms with Crippen LogP contribution in [0.15, 0.2) is 59.0 Å². The van der Waals surface area contributed by atoms with Gasteiger partial charge >= 0.3 is 5.97 Å². The van der Waals surface area contributed by atoms with Gasteiger partial charge in [0.2, 0.25) is 5.89 Å². The van der Waals surface area contributed by atoms with Gasteiger partial charge in [0.15, 0.2) is 0 Å². The van der Waals surface area contributed by atoms with Gasteiger partial charge in [-0.2, -0.15) is 0 Å². The molecule has 1 N–H and O–H groups in total. The summed E-state index contributed by atoms with van der Waals surface area (Å²) in [4.78, 5) is 15.7. The highest BCUT2D eigenvalue weighted by Gasteiger charge is 2.11. The van der Waals surface area contributed by atoms with Crippen LogP contribution in [0.2, 0.25) is 0 Å². The summed E-state index contributed by atoms with van der Waals surface area (Å²) in [7, 11) is 1.38. The van der Waals surface area contributed by atoms with Crippen LogP contribution in [0.4, 0.5) is 0 Å². The van der Waals surface area contributed by atoms with Gasteiger partial charge in [0, 0.05) is 12.1 Å². The first-order valence-corrected chi connectivity index (χ1v) is 9.66. The van der Waals surface area contributed by atoms with Gasteiger partial charge in [0.25, 0.3) is 0 Å². The molecule has 29 heavy (non-hydrogen) atoms. The molecule has 0 spiro atoms. The number of aromatic nitrogens is 1. The van der Waals surface area contributed by atoms with Crippen molar-refractivity contribution in [2.75, 3.05) is 20.3 Å². The van der Waals surface area contributed by atoms with Gasteiger partial charge in [-0.25, -0.2) is 4.98 Å². The number of ether oxygens (including phenoxy) is 2. The lowest BCUT2D eigenvalue weighted by Crippen LogP contribution is -2.23. The van der Waals surface area contributed by atoms with Crippen LogP contribution in [0.25, 0.3) is 11.5 Å². The average Bonchev–Trinajstić information content (AvgIpc) is 3.13. The Bertz CT molecular complexity index is 904. The Balaban J connectivity index is 1.41. The van der Waals surface area contributed by atoms with Crippen molar-refractivity contribution in [2.45, 2.75) is 26.3 Å². The predicted octanol–water partition coefficient (Wildman–Crippen LogP) is 3.92. The fourth-order valence-electron chi connectivity index (χ4n) is 2.88. The molecule has 1 heterocycles. The van der Waals surface area contributed by atoms with Gasteiger partial charge in [-0.1, -0.05) is 30.3 Å². The van der Waals surface area contributed by atoms with Crippen molar-refractivity contribution in [3.8, 4) is 17.2 Å². The smallest absolute Gasteiger partial charge is 0.319 e. The van der Waals surface area contributed by atoms with Crippen molar-refractivity contribution in [1.82, 2.24) is 10.3 Å². The molecule has 0 fully saturated rings. The molecule has 3 rings (SSSR count). The average molecular weight is 394 g/mol. The summed E-state index contributed by atoms with van der Waals surface area (Å²) in [6, 6.07) is 17.7. The van der Waals surface area contributed by atoms with E-state index in [-0.39, 0.29) is 12.5 Å². The molecule has 0 aliphatic carbocycles. The van der Waals surface area contributed by atoms with Gasteiger partial charge in [-0.15, -0.1) is 0 Å². The van der Waals surface area contributed by atoms with E-state index in [0.717, 1.165) is 41.2 Å². The van der Waals surface area contributed by atoms with Crippen molar-refractivity contribution in [2.24, 2.45) is 0 Å². The number of carbonyl (C=O) groups is 1. The van der Waals surface area contributed by atoms with E-state index in [1.807, 2.05) is 61.5 Å². The molecule has 0 aliphatic rings.